The number of carboxylic acid groups (broad SMARTS) is 1. The van der Waals surface area contributed by atoms with Crippen molar-refractivity contribution in [1.29, 1.82) is 0 Å². The number of carboxylic acids is 1. The Morgan fingerprint density at radius 1 is 0.971 bits per heavy atom. The molecule has 3 aromatic rings. The van der Waals surface area contributed by atoms with Crippen LogP contribution in [0, 0.1) is 5.82 Å². The number of carbonyl (C=O) groups is 2. The zero-order valence-electron chi connectivity index (χ0n) is 19.3. The Morgan fingerprint density at radius 2 is 1.63 bits per heavy atom. The van der Waals surface area contributed by atoms with Crippen molar-refractivity contribution in [3.63, 3.8) is 0 Å². The average Bonchev–Trinajstić information content (AvgIpc) is 2.86. The Morgan fingerprint density at radius 3 is 2.23 bits per heavy atom. The molecule has 0 atom stereocenters. The molecular formula is C26H25BrFNO6. The van der Waals surface area contributed by atoms with E-state index in [-0.39, 0.29) is 35.3 Å². The minimum Gasteiger partial charge on any atom is -0.497 e. The normalized spacial score (nSPS) is 10.5. The fraction of sp³-hybridized carbons (Fsp3) is 0.231. The van der Waals surface area contributed by atoms with E-state index in [0.29, 0.717) is 17.4 Å². The van der Waals surface area contributed by atoms with E-state index >= 15 is 0 Å². The smallest absolute Gasteiger partial charge is 0.339 e. The van der Waals surface area contributed by atoms with E-state index in [4.69, 9.17) is 14.2 Å². The van der Waals surface area contributed by atoms with Crippen LogP contribution in [0.15, 0.2) is 65.1 Å². The SMILES string of the molecule is COc1ccc(CCN(Cc2ccc(F)cc2)C(=O)COc2c(OC)cc(Br)cc2C(=O)O)cc1. The molecule has 0 aromatic heterocycles. The van der Waals surface area contributed by atoms with Gasteiger partial charge in [0.25, 0.3) is 5.91 Å². The maximum atomic E-state index is 13.4. The zero-order valence-corrected chi connectivity index (χ0v) is 20.9. The molecule has 7 nitrogen and oxygen atoms in total. The van der Waals surface area contributed by atoms with Crippen molar-refractivity contribution in [2.75, 3.05) is 27.4 Å². The lowest BCUT2D eigenvalue weighted by atomic mass is 10.1. The first-order valence-corrected chi connectivity index (χ1v) is 11.5. The highest BCUT2D eigenvalue weighted by Crippen LogP contribution is 2.35. The van der Waals surface area contributed by atoms with Gasteiger partial charge in [0.2, 0.25) is 0 Å². The van der Waals surface area contributed by atoms with Crippen molar-refractivity contribution in [2.24, 2.45) is 0 Å². The van der Waals surface area contributed by atoms with Crippen LogP contribution in [0.1, 0.15) is 21.5 Å². The molecule has 0 aliphatic carbocycles. The Bertz CT molecular complexity index is 1170. The van der Waals surface area contributed by atoms with Crippen LogP contribution in [-0.4, -0.2) is 49.3 Å². The molecule has 0 bridgehead atoms. The van der Waals surface area contributed by atoms with Crippen molar-refractivity contribution >= 4 is 27.8 Å². The van der Waals surface area contributed by atoms with Crippen molar-refractivity contribution in [2.45, 2.75) is 13.0 Å². The first-order valence-electron chi connectivity index (χ1n) is 10.7. The van der Waals surface area contributed by atoms with Crippen LogP contribution in [-0.2, 0) is 17.8 Å². The number of nitrogens with zero attached hydrogens (tertiary/aromatic N) is 1. The fourth-order valence-electron chi connectivity index (χ4n) is 3.41. The molecule has 9 heteroatoms. The predicted octanol–water partition coefficient (Wildman–Crippen LogP) is 4.95. The average molecular weight is 546 g/mol. The van der Waals surface area contributed by atoms with Crippen molar-refractivity contribution < 1.29 is 33.3 Å². The van der Waals surface area contributed by atoms with Gasteiger partial charge in [0, 0.05) is 17.6 Å². The Hall–Kier alpha value is -3.59. The van der Waals surface area contributed by atoms with Gasteiger partial charge in [0.05, 0.1) is 14.2 Å². The van der Waals surface area contributed by atoms with Crippen LogP contribution in [0.4, 0.5) is 4.39 Å². The second-order valence-electron chi connectivity index (χ2n) is 7.62. The molecule has 3 aromatic carbocycles. The number of methoxy groups -OCH3 is 2. The highest BCUT2D eigenvalue weighted by atomic mass is 79.9. The number of hydrogen-bond acceptors (Lipinski definition) is 5. The maximum absolute atomic E-state index is 13.4. The number of aromatic carboxylic acids is 1. The monoisotopic (exact) mass is 545 g/mol. The van der Waals surface area contributed by atoms with Crippen LogP contribution < -0.4 is 14.2 Å². The molecule has 0 unspecified atom stereocenters. The number of hydrogen-bond donors (Lipinski definition) is 1. The fourth-order valence-corrected chi connectivity index (χ4v) is 3.85. The van der Waals surface area contributed by atoms with Crippen LogP contribution in [0.5, 0.6) is 17.2 Å². The summed E-state index contributed by atoms with van der Waals surface area (Å²) >= 11 is 3.24. The second kappa shape index (κ2) is 12.2. The number of halogens is 2. The van der Waals surface area contributed by atoms with Crippen molar-refractivity contribution in [1.82, 2.24) is 4.90 Å². The summed E-state index contributed by atoms with van der Waals surface area (Å²) in [6, 6.07) is 16.4. The number of carbonyl (C=O) groups excluding carboxylic acids is 1. The Labute approximate surface area is 211 Å². The molecule has 0 aliphatic heterocycles. The van der Waals surface area contributed by atoms with Gasteiger partial charge in [-0.15, -0.1) is 0 Å². The van der Waals surface area contributed by atoms with Gasteiger partial charge in [0.15, 0.2) is 18.1 Å². The molecule has 0 aliphatic rings. The molecule has 0 spiro atoms. The van der Waals surface area contributed by atoms with Gasteiger partial charge >= 0.3 is 5.97 Å². The van der Waals surface area contributed by atoms with Crippen molar-refractivity contribution in [3.05, 3.63) is 87.6 Å². The lowest BCUT2D eigenvalue weighted by Gasteiger charge is -2.24. The lowest BCUT2D eigenvalue weighted by Crippen LogP contribution is -2.36. The number of amides is 1. The van der Waals surface area contributed by atoms with E-state index in [1.54, 1.807) is 30.2 Å². The molecule has 0 heterocycles. The van der Waals surface area contributed by atoms with Gasteiger partial charge in [0.1, 0.15) is 17.1 Å². The quantitative estimate of drug-likeness (QED) is 0.366. The highest BCUT2D eigenvalue weighted by Gasteiger charge is 2.21. The summed E-state index contributed by atoms with van der Waals surface area (Å²) in [6.07, 6.45) is 0.568. The van der Waals surface area contributed by atoms with E-state index in [2.05, 4.69) is 15.9 Å². The van der Waals surface area contributed by atoms with E-state index in [9.17, 15) is 19.1 Å². The standard InChI is InChI=1S/C26H25BrFNO6/c1-33-21-9-5-17(6-10-21)11-12-29(15-18-3-7-20(28)8-4-18)24(30)16-35-25-22(26(31)32)13-19(27)14-23(25)34-2/h3-10,13-14H,11-12,15-16H2,1-2H3,(H,31,32). The van der Waals surface area contributed by atoms with Crippen LogP contribution >= 0.6 is 15.9 Å². The minimum atomic E-state index is -1.21. The first-order chi connectivity index (χ1) is 16.8. The van der Waals surface area contributed by atoms with Gasteiger partial charge < -0.3 is 24.2 Å². The summed E-state index contributed by atoms with van der Waals surface area (Å²) in [5.41, 5.74) is 1.63. The summed E-state index contributed by atoms with van der Waals surface area (Å²) in [6.45, 7) is 0.207. The van der Waals surface area contributed by atoms with Crippen LogP contribution in [0.2, 0.25) is 0 Å². The lowest BCUT2D eigenvalue weighted by molar-refractivity contribution is -0.134. The van der Waals surface area contributed by atoms with Gasteiger partial charge in [-0.05, 0) is 53.9 Å². The molecule has 0 saturated heterocycles. The Kier molecular flexibility index (Phi) is 9.08. The van der Waals surface area contributed by atoms with Crippen molar-refractivity contribution in [3.8, 4) is 17.2 Å². The largest absolute Gasteiger partial charge is 0.497 e. The summed E-state index contributed by atoms with van der Waals surface area (Å²) in [4.78, 5) is 26.5. The van der Waals surface area contributed by atoms with Gasteiger partial charge in [-0.3, -0.25) is 4.79 Å². The highest BCUT2D eigenvalue weighted by molar-refractivity contribution is 9.10. The molecule has 3 rings (SSSR count). The van der Waals surface area contributed by atoms with Crippen LogP contribution in [0.3, 0.4) is 0 Å². The molecule has 1 N–H and O–H groups in total. The predicted molar refractivity (Wildman–Crippen MR) is 132 cm³/mol. The third kappa shape index (κ3) is 7.19. The summed E-state index contributed by atoms with van der Waals surface area (Å²) in [5, 5.41) is 9.56. The Balaban J connectivity index is 1.78. The number of benzene rings is 3. The summed E-state index contributed by atoms with van der Waals surface area (Å²) in [7, 11) is 2.98. The molecule has 0 radical (unpaired) electrons. The molecule has 0 fully saturated rings. The number of rotatable bonds is 11. The van der Waals surface area contributed by atoms with E-state index in [1.807, 2.05) is 24.3 Å². The third-order valence-electron chi connectivity index (χ3n) is 5.28. The topological polar surface area (TPSA) is 85.3 Å². The molecule has 184 valence electrons. The summed E-state index contributed by atoms with van der Waals surface area (Å²) < 4.78 is 30.0. The molecule has 35 heavy (non-hydrogen) atoms. The van der Waals surface area contributed by atoms with Gasteiger partial charge in [-0.25, -0.2) is 9.18 Å². The van der Waals surface area contributed by atoms with Gasteiger partial charge in [-0.2, -0.15) is 0 Å². The molecule has 1 amide bonds. The third-order valence-corrected chi connectivity index (χ3v) is 5.74. The number of ether oxygens (including phenoxy) is 3. The second-order valence-corrected chi connectivity index (χ2v) is 8.53. The van der Waals surface area contributed by atoms with Crippen LogP contribution in [0.25, 0.3) is 0 Å². The molecular weight excluding hydrogens is 521 g/mol. The zero-order chi connectivity index (χ0) is 25.4. The van der Waals surface area contributed by atoms with E-state index < -0.39 is 12.6 Å². The molecule has 0 saturated carbocycles. The van der Waals surface area contributed by atoms with E-state index in [0.717, 1.165) is 16.9 Å². The summed E-state index contributed by atoms with van der Waals surface area (Å²) in [5.74, 6) is -1.05. The van der Waals surface area contributed by atoms with E-state index in [1.165, 1.54) is 25.3 Å². The first kappa shape index (κ1) is 26.0. The maximum Gasteiger partial charge on any atom is 0.339 e. The minimum absolute atomic E-state index is 0.0339. The van der Waals surface area contributed by atoms with Gasteiger partial charge in [-0.1, -0.05) is 40.2 Å².